The molecular formula is C22H19N3O3. The summed E-state index contributed by atoms with van der Waals surface area (Å²) in [5.74, 6) is 0.990. The molecule has 2 aromatic heterocycles. The summed E-state index contributed by atoms with van der Waals surface area (Å²) >= 11 is 0. The van der Waals surface area contributed by atoms with E-state index >= 15 is 0 Å². The molecule has 0 radical (unpaired) electrons. The molecule has 0 fully saturated rings. The maximum Gasteiger partial charge on any atom is 0.341 e. The number of rotatable bonds is 5. The molecule has 28 heavy (non-hydrogen) atoms. The largest absolute Gasteiger partial charge is 0.488 e. The Balaban J connectivity index is 1.55. The second-order valence-electron chi connectivity index (χ2n) is 6.30. The number of esters is 1. The predicted octanol–water partition coefficient (Wildman–Crippen LogP) is 4.09. The van der Waals surface area contributed by atoms with E-state index in [2.05, 4.69) is 14.5 Å². The highest BCUT2D eigenvalue weighted by molar-refractivity contribution is 5.92. The van der Waals surface area contributed by atoms with Crippen molar-refractivity contribution in [2.75, 3.05) is 7.11 Å². The Morgan fingerprint density at radius 3 is 2.64 bits per heavy atom. The average Bonchev–Trinajstić information content (AvgIpc) is 3.08. The van der Waals surface area contributed by atoms with Gasteiger partial charge < -0.3 is 9.47 Å². The van der Waals surface area contributed by atoms with Crippen LogP contribution in [0.5, 0.6) is 5.75 Å². The molecule has 2 heterocycles. The zero-order valence-corrected chi connectivity index (χ0v) is 15.6. The summed E-state index contributed by atoms with van der Waals surface area (Å²) in [6.07, 6.45) is 3.53. The monoisotopic (exact) mass is 373 g/mol. The van der Waals surface area contributed by atoms with E-state index in [-0.39, 0.29) is 0 Å². The topological polar surface area (TPSA) is 66.2 Å². The number of ether oxygens (including phenoxy) is 2. The van der Waals surface area contributed by atoms with E-state index in [1.165, 1.54) is 7.11 Å². The maximum absolute atomic E-state index is 11.8. The lowest BCUT2D eigenvalue weighted by Crippen LogP contribution is -2.05. The van der Waals surface area contributed by atoms with E-state index in [0.29, 0.717) is 17.9 Å². The lowest BCUT2D eigenvalue weighted by molar-refractivity contribution is 0.0595. The SMILES string of the molecule is COC(=O)c1ccccc1OCc1ccc(-n2c(C)nc3cnccc32)cc1. The molecule has 2 aromatic carbocycles. The van der Waals surface area contributed by atoms with Crippen molar-refractivity contribution in [3.63, 3.8) is 0 Å². The van der Waals surface area contributed by atoms with Crippen molar-refractivity contribution < 1.29 is 14.3 Å². The van der Waals surface area contributed by atoms with Gasteiger partial charge in [-0.15, -0.1) is 0 Å². The van der Waals surface area contributed by atoms with Gasteiger partial charge in [-0.25, -0.2) is 9.78 Å². The van der Waals surface area contributed by atoms with Gasteiger partial charge in [0.2, 0.25) is 0 Å². The van der Waals surface area contributed by atoms with Gasteiger partial charge in [0, 0.05) is 11.9 Å². The van der Waals surface area contributed by atoms with Crippen LogP contribution in [0.4, 0.5) is 0 Å². The van der Waals surface area contributed by atoms with Gasteiger partial charge >= 0.3 is 5.97 Å². The number of pyridine rings is 1. The first kappa shape index (κ1) is 17.7. The molecule has 0 spiro atoms. The molecule has 4 rings (SSSR count). The van der Waals surface area contributed by atoms with Crippen LogP contribution in [0.25, 0.3) is 16.7 Å². The normalized spacial score (nSPS) is 10.8. The van der Waals surface area contributed by atoms with E-state index in [1.54, 1.807) is 30.6 Å². The molecule has 0 saturated carbocycles. The minimum Gasteiger partial charge on any atom is -0.488 e. The van der Waals surface area contributed by atoms with Gasteiger partial charge in [-0.2, -0.15) is 0 Å². The molecule has 0 bridgehead atoms. The molecule has 0 aliphatic rings. The van der Waals surface area contributed by atoms with Crippen molar-refractivity contribution in [2.45, 2.75) is 13.5 Å². The van der Waals surface area contributed by atoms with Gasteiger partial charge in [0.05, 0.1) is 18.8 Å². The summed E-state index contributed by atoms with van der Waals surface area (Å²) in [5.41, 5.74) is 4.31. The minimum atomic E-state index is -0.414. The van der Waals surface area contributed by atoms with Crippen molar-refractivity contribution in [1.82, 2.24) is 14.5 Å². The number of carbonyl (C=O) groups is 1. The van der Waals surface area contributed by atoms with Gasteiger partial charge in [-0.05, 0) is 42.8 Å². The standard InChI is InChI=1S/C22H19N3O3/c1-15-24-19-13-23-12-11-20(19)25(15)17-9-7-16(8-10-17)14-28-21-6-4-3-5-18(21)22(26)27-2/h3-13H,14H2,1-2H3. The number of para-hydroxylation sites is 1. The Kier molecular flexibility index (Phi) is 4.76. The molecule has 4 aromatic rings. The third kappa shape index (κ3) is 3.32. The number of imidazole rings is 1. The first-order valence-corrected chi connectivity index (χ1v) is 8.86. The molecule has 0 aliphatic carbocycles. The van der Waals surface area contributed by atoms with E-state index in [4.69, 9.17) is 9.47 Å². The third-order valence-electron chi connectivity index (χ3n) is 4.51. The zero-order chi connectivity index (χ0) is 19.5. The smallest absolute Gasteiger partial charge is 0.341 e. The van der Waals surface area contributed by atoms with Gasteiger partial charge in [0.25, 0.3) is 0 Å². The first-order chi connectivity index (χ1) is 13.7. The highest BCUT2D eigenvalue weighted by atomic mass is 16.5. The fraction of sp³-hybridized carbons (Fsp3) is 0.136. The van der Waals surface area contributed by atoms with E-state index < -0.39 is 5.97 Å². The predicted molar refractivity (Wildman–Crippen MR) is 106 cm³/mol. The average molecular weight is 373 g/mol. The molecule has 0 N–H and O–H groups in total. The Morgan fingerprint density at radius 2 is 1.86 bits per heavy atom. The summed E-state index contributed by atoms with van der Waals surface area (Å²) in [7, 11) is 1.36. The second kappa shape index (κ2) is 7.52. The number of methoxy groups -OCH3 is 1. The van der Waals surface area contributed by atoms with Crippen LogP contribution in [0.3, 0.4) is 0 Å². The van der Waals surface area contributed by atoms with Crippen LogP contribution in [0.2, 0.25) is 0 Å². The number of hydrogen-bond acceptors (Lipinski definition) is 5. The summed E-state index contributed by atoms with van der Waals surface area (Å²) in [5, 5.41) is 0. The van der Waals surface area contributed by atoms with E-state index in [9.17, 15) is 4.79 Å². The number of fused-ring (bicyclic) bond motifs is 1. The van der Waals surface area contributed by atoms with Crippen molar-refractivity contribution >= 4 is 17.0 Å². The van der Waals surface area contributed by atoms with Gasteiger partial charge in [-0.1, -0.05) is 24.3 Å². The second-order valence-corrected chi connectivity index (χ2v) is 6.30. The lowest BCUT2D eigenvalue weighted by Gasteiger charge is -2.11. The molecule has 0 amide bonds. The van der Waals surface area contributed by atoms with Crippen LogP contribution in [-0.2, 0) is 11.3 Å². The zero-order valence-electron chi connectivity index (χ0n) is 15.6. The van der Waals surface area contributed by atoms with Gasteiger partial charge in [0.1, 0.15) is 29.3 Å². The molecule has 0 unspecified atom stereocenters. The van der Waals surface area contributed by atoms with Gasteiger partial charge in [-0.3, -0.25) is 9.55 Å². The van der Waals surface area contributed by atoms with Crippen LogP contribution in [0, 0.1) is 6.92 Å². The highest BCUT2D eigenvalue weighted by Crippen LogP contribution is 2.23. The summed E-state index contributed by atoms with van der Waals surface area (Å²) < 4.78 is 12.7. The number of aromatic nitrogens is 3. The minimum absolute atomic E-state index is 0.349. The van der Waals surface area contributed by atoms with Crippen molar-refractivity contribution in [3.8, 4) is 11.4 Å². The molecule has 6 heteroatoms. The van der Waals surface area contributed by atoms with Crippen LogP contribution in [0.15, 0.2) is 67.0 Å². The first-order valence-electron chi connectivity index (χ1n) is 8.86. The van der Waals surface area contributed by atoms with Crippen LogP contribution in [-0.4, -0.2) is 27.6 Å². The lowest BCUT2D eigenvalue weighted by atomic mass is 10.2. The van der Waals surface area contributed by atoms with Gasteiger partial charge in [0.15, 0.2) is 0 Å². The Hall–Kier alpha value is -3.67. The summed E-state index contributed by atoms with van der Waals surface area (Å²) in [6, 6.07) is 17.1. The molecule has 0 saturated heterocycles. The molecule has 6 nitrogen and oxygen atoms in total. The maximum atomic E-state index is 11.8. The fourth-order valence-corrected chi connectivity index (χ4v) is 3.15. The van der Waals surface area contributed by atoms with E-state index in [0.717, 1.165) is 28.1 Å². The van der Waals surface area contributed by atoms with Crippen LogP contribution in [0.1, 0.15) is 21.7 Å². The Bertz CT molecular complexity index is 1130. The van der Waals surface area contributed by atoms with Crippen molar-refractivity contribution in [2.24, 2.45) is 0 Å². The third-order valence-corrected chi connectivity index (χ3v) is 4.51. The highest BCUT2D eigenvalue weighted by Gasteiger charge is 2.12. The number of hydrogen-bond donors (Lipinski definition) is 0. The van der Waals surface area contributed by atoms with Crippen molar-refractivity contribution in [3.05, 3.63) is 83.9 Å². The molecular weight excluding hydrogens is 354 g/mol. The quantitative estimate of drug-likeness (QED) is 0.493. The number of benzene rings is 2. The Morgan fingerprint density at radius 1 is 1.07 bits per heavy atom. The fourth-order valence-electron chi connectivity index (χ4n) is 3.15. The molecule has 0 atom stereocenters. The Labute approximate surface area is 162 Å². The number of nitrogens with zero attached hydrogens (tertiary/aromatic N) is 3. The van der Waals surface area contributed by atoms with Crippen LogP contribution < -0.4 is 4.74 Å². The van der Waals surface area contributed by atoms with E-state index in [1.807, 2.05) is 43.3 Å². The number of aryl methyl sites for hydroxylation is 1. The molecule has 140 valence electrons. The summed E-state index contributed by atoms with van der Waals surface area (Å²) in [6.45, 7) is 2.32. The molecule has 0 aliphatic heterocycles. The number of carbonyl (C=O) groups excluding carboxylic acids is 1. The van der Waals surface area contributed by atoms with Crippen molar-refractivity contribution in [1.29, 1.82) is 0 Å². The summed E-state index contributed by atoms with van der Waals surface area (Å²) in [4.78, 5) is 20.5. The van der Waals surface area contributed by atoms with Crippen LogP contribution >= 0.6 is 0 Å².